The predicted molar refractivity (Wildman–Crippen MR) is 150 cm³/mol. The fourth-order valence-corrected chi connectivity index (χ4v) is 4.63. The molecule has 7 heteroatoms. The first-order valence-electron chi connectivity index (χ1n) is 13.2. The molecule has 0 fully saturated rings. The average Bonchev–Trinajstić information content (AvgIpc) is 2.94. The number of carbonyl (C=O) groups is 1. The molecule has 0 saturated carbocycles. The third-order valence-corrected chi connectivity index (χ3v) is 6.39. The number of amides is 1. The van der Waals surface area contributed by atoms with Gasteiger partial charge in [-0.1, -0.05) is 56.3 Å². The standard InChI is InChI=1S/C31H35N3O4/c1-4-20-33(29(35)22-37-21-23-12-8-7-9-13-23)28(5-2)30-32-27-15-11-10-14-26(27)31(36)34(30)24-16-18-25(19-17-24)38-6-3/h7-19,28H,4-6,20-22H2,1-3H3. The van der Waals surface area contributed by atoms with Crippen LogP contribution in [-0.4, -0.2) is 40.1 Å². The van der Waals surface area contributed by atoms with Crippen molar-refractivity contribution in [1.82, 2.24) is 14.5 Å². The van der Waals surface area contributed by atoms with Gasteiger partial charge < -0.3 is 14.4 Å². The Morgan fingerprint density at radius 2 is 1.66 bits per heavy atom. The van der Waals surface area contributed by atoms with Gasteiger partial charge in [-0.2, -0.15) is 0 Å². The Hall–Kier alpha value is -3.97. The van der Waals surface area contributed by atoms with Gasteiger partial charge in [-0.15, -0.1) is 0 Å². The summed E-state index contributed by atoms with van der Waals surface area (Å²) >= 11 is 0. The summed E-state index contributed by atoms with van der Waals surface area (Å²) in [6.45, 7) is 7.36. The average molecular weight is 514 g/mol. The van der Waals surface area contributed by atoms with Gasteiger partial charge in [0.05, 0.1) is 35.8 Å². The molecule has 1 amide bonds. The lowest BCUT2D eigenvalue weighted by molar-refractivity contribution is -0.139. The molecule has 1 atom stereocenters. The molecule has 0 aliphatic heterocycles. The maximum Gasteiger partial charge on any atom is 0.266 e. The van der Waals surface area contributed by atoms with Crippen molar-refractivity contribution in [2.75, 3.05) is 19.8 Å². The summed E-state index contributed by atoms with van der Waals surface area (Å²) in [6.07, 6.45) is 1.36. The van der Waals surface area contributed by atoms with Crippen LogP contribution in [0, 0.1) is 0 Å². The SMILES string of the molecule is CCCN(C(=O)COCc1ccccc1)C(CC)c1nc2ccccc2c(=O)n1-c1ccc(OCC)cc1. The van der Waals surface area contributed by atoms with Crippen molar-refractivity contribution in [1.29, 1.82) is 0 Å². The Balaban J connectivity index is 1.73. The molecule has 1 unspecified atom stereocenters. The van der Waals surface area contributed by atoms with Crippen molar-refractivity contribution in [3.8, 4) is 11.4 Å². The number of ether oxygens (including phenoxy) is 2. The Labute approximate surface area is 223 Å². The van der Waals surface area contributed by atoms with E-state index < -0.39 is 6.04 Å². The molecule has 4 rings (SSSR count). The topological polar surface area (TPSA) is 73.7 Å². The second-order valence-corrected chi connectivity index (χ2v) is 9.04. The van der Waals surface area contributed by atoms with Crippen molar-refractivity contribution < 1.29 is 14.3 Å². The van der Waals surface area contributed by atoms with Crippen LogP contribution in [0.25, 0.3) is 16.6 Å². The molecule has 1 heterocycles. The molecular weight excluding hydrogens is 478 g/mol. The van der Waals surface area contributed by atoms with E-state index in [0.717, 1.165) is 17.7 Å². The van der Waals surface area contributed by atoms with E-state index in [2.05, 4.69) is 0 Å². The summed E-state index contributed by atoms with van der Waals surface area (Å²) in [5.74, 6) is 1.13. The normalized spacial score (nSPS) is 11.9. The molecule has 7 nitrogen and oxygen atoms in total. The van der Waals surface area contributed by atoms with Crippen LogP contribution < -0.4 is 10.3 Å². The molecule has 3 aromatic carbocycles. The van der Waals surface area contributed by atoms with Crippen LogP contribution in [0.4, 0.5) is 0 Å². The van der Waals surface area contributed by atoms with E-state index in [4.69, 9.17) is 14.5 Å². The van der Waals surface area contributed by atoms with Gasteiger partial charge in [-0.3, -0.25) is 14.2 Å². The maximum atomic E-state index is 13.8. The van der Waals surface area contributed by atoms with Crippen molar-refractivity contribution in [3.05, 3.63) is 101 Å². The second-order valence-electron chi connectivity index (χ2n) is 9.04. The Bertz CT molecular complexity index is 1400. The van der Waals surface area contributed by atoms with Gasteiger partial charge in [0.1, 0.15) is 18.2 Å². The minimum atomic E-state index is -0.411. The first-order chi connectivity index (χ1) is 18.6. The monoisotopic (exact) mass is 513 g/mol. The number of carbonyl (C=O) groups excluding carboxylic acids is 1. The molecule has 198 valence electrons. The number of aromatic nitrogens is 2. The second kappa shape index (κ2) is 13.0. The summed E-state index contributed by atoms with van der Waals surface area (Å²) in [5, 5.41) is 0.527. The summed E-state index contributed by atoms with van der Waals surface area (Å²) in [7, 11) is 0. The van der Waals surface area contributed by atoms with E-state index in [1.807, 2.05) is 93.6 Å². The van der Waals surface area contributed by atoms with Crippen molar-refractivity contribution in [3.63, 3.8) is 0 Å². The third kappa shape index (κ3) is 6.11. The molecule has 0 aliphatic rings. The van der Waals surface area contributed by atoms with E-state index in [9.17, 15) is 9.59 Å². The highest BCUT2D eigenvalue weighted by molar-refractivity contribution is 5.79. The smallest absolute Gasteiger partial charge is 0.266 e. The summed E-state index contributed by atoms with van der Waals surface area (Å²) < 4.78 is 13.0. The molecule has 0 aliphatic carbocycles. The number of para-hydroxylation sites is 1. The van der Waals surface area contributed by atoms with Crippen LogP contribution in [0.3, 0.4) is 0 Å². The fraction of sp³-hybridized carbons (Fsp3) is 0.323. The van der Waals surface area contributed by atoms with E-state index >= 15 is 0 Å². The zero-order chi connectivity index (χ0) is 26.9. The molecule has 0 bridgehead atoms. The Morgan fingerprint density at radius 3 is 2.34 bits per heavy atom. The molecule has 0 radical (unpaired) electrons. The molecule has 0 spiro atoms. The Kier molecular flexibility index (Phi) is 9.27. The van der Waals surface area contributed by atoms with Crippen LogP contribution >= 0.6 is 0 Å². The molecule has 0 N–H and O–H groups in total. The van der Waals surface area contributed by atoms with Crippen LogP contribution in [-0.2, 0) is 16.1 Å². The minimum Gasteiger partial charge on any atom is -0.494 e. The van der Waals surface area contributed by atoms with Crippen molar-refractivity contribution in [2.45, 2.75) is 46.3 Å². The van der Waals surface area contributed by atoms with E-state index in [1.165, 1.54) is 0 Å². The number of rotatable bonds is 12. The van der Waals surface area contributed by atoms with Gasteiger partial charge in [0, 0.05) is 6.54 Å². The van der Waals surface area contributed by atoms with Crippen LogP contribution in [0.2, 0.25) is 0 Å². The largest absolute Gasteiger partial charge is 0.494 e. The molecule has 4 aromatic rings. The maximum absolute atomic E-state index is 13.8. The zero-order valence-electron chi connectivity index (χ0n) is 22.3. The first kappa shape index (κ1) is 27.1. The highest BCUT2D eigenvalue weighted by Crippen LogP contribution is 2.27. The lowest BCUT2D eigenvalue weighted by Crippen LogP contribution is -2.40. The summed E-state index contributed by atoms with van der Waals surface area (Å²) in [6, 6.07) is 24.1. The van der Waals surface area contributed by atoms with Gasteiger partial charge in [0.25, 0.3) is 5.56 Å². The van der Waals surface area contributed by atoms with Gasteiger partial charge in [-0.05, 0) is 61.7 Å². The molecule has 38 heavy (non-hydrogen) atoms. The van der Waals surface area contributed by atoms with E-state index in [0.29, 0.717) is 48.6 Å². The van der Waals surface area contributed by atoms with Crippen LogP contribution in [0.5, 0.6) is 5.75 Å². The van der Waals surface area contributed by atoms with Crippen molar-refractivity contribution >= 4 is 16.8 Å². The lowest BCUT2D eigenvalue weighted by atomic mass is 10.1. The Morgan fingerprint density at radius 1 is 0.947 bits per heavy atom. The van der Waals surface area contributed by atoms with Crippen molar-refractivity contribution in [2.24, 2.45) is 0 Å². The molecule has 0 saturated heterocycles. The van der Waals surface area contributed by atoms with Crippen LogP contribution in [0.1, 0.15) is 51.0 Å². The van der Waals surface area contributed by atoms with Gasteiger partial charge in [0.2, 0.25) is 5.91 Å². The highest BCUT2D eigenvalue weighted by Gasteiger charge is 2.28. The number of hydrogen-bond donors (Lipinski definition) is 0. The predicted octanol–water partition coefficient (Wildman–Crippen LogP) is 5.69. The highest BCUT2D eigenvalue weighted by atomic mass is 16.5. The quantitative estimate of drug-likeness (QED) is 0.243. The zero-order valence-corrected chi connectivity index (χ0v) is 22.3. The van der Waals surface area contributed by atoms with E-state index in [-0.39, 0.29) is 18.1 Å². The van der Waals surface area contributed by atoms with Gasteiger partial charge in [-0.25, -0.2) is 4.98 Å². The van der Waals surface area contributed by atoms with E-state index in [1.54, 1.807) is 15.5 Å². The third-order valence-electron chi connectivity index (χ3n) is 6.39. The summed E-state index contributed by atoms with van der Waals surface area (Å²) in [4.78, 5) is 34.1. The van der Waals surface area contributed by atoms with Gasteiger partial charge >= 0.3 is 0 Å². The fourth-order valence-electron chi connectivity index (χ4n) is 4.63. The number of nitrogens with zero attached hydrogens (tertiary/aromatic N) is 3. The van der Waals surface area contributed by atoms with Crippen LogP contribution in [0.15, 0.2) is 83.7 Å². The number of hydrogen-bond acceptors (Lipinski definition) is 5. The number of benzene rings is 3. The summed E-state index contributed by atoms with van der Waals surface area (Å²) in [5.41, 5.74) is 2.12. The first-order valence-corrected chi connectivity index (χ1v) is 13.2. The molecular formula is C31H35N3O4. The lowest BCUT2D eigenvalue weighted by Gasteiger charge is -2.32. The minimum absolute atomic E-state index is 0.0493. The number of fused-ring (bicyclic) bond motifs is 1. The van der Waals surface area contributed by atoms with Gasteiger partial charge in [0.15, 0.2) is 0 Å². The molecule has 1 aromatic heterocycles.